The van der Waals surface area contributed by atoms with Crippen molar-refractivity contribution in [3.8, 4) is 0 Å². The maximum atomic E-state index is 12.2. The maximum Gasteiger partial charge on any atom is 0.237 e. The number of carbonyl (C=O) groups excluding carboxylic acids is 1. The molecule has 19 heavy (non-hydrogen) atoms. The molecule has 104 valence electrons. The van der Waals surface area contributed by atoms with Crippen molar-refractivity contribution in [2.24, 2.45) is 0 Å². The van der Waals surface area contributed by atoms with E-state index in [0.717, 1.165) is 29.4 Å². The van der Waals surface area contributed by atoms with Gasteiger partial charge in [0.25, 0.3) is 0 Å². The Bertz CT molecular complexity index is 411. The molecule has 0 aliphatic carbocycles. The zero-order chi connectivity index (χ0) is 13.7. The van der Waals surface area contributed by atoms with Gasteiger partial charge in [0.15, 0.2) is 0 Å². The zero-order valence-electron chi connectivity index (χ0n) is 11.3. The molecule has 0 radical (unpaired) electrons. The number of hydrogen-bond acceptors (Lipinski definition) is 2. The zero-order valence-corrected chi connectivity index (χ0v) is 12.9. The van der Waals surface area contributed by atoms with Crippen LogP contribution in [0, 0.1) is 0 Å². The Morgan fingerprint density at radius 1 is 1.32 bits per heavy atom. The van der Waals surface area contributed by atoms with E-state index in [2.05, 4.69) is 26.6 Å². The fourth-order valence-corrected chi connectivity index (χ4v) is 2.67. The fourth-order valence-electron chi connectivity index (χ4n) is 2.40. The summed E-state index contributed by atoms with van der Waals surface area (Å²) in [6, 6.07) is 8.10. The summed E-state index contributed by atoms with van der Waals surface area (Å²) in [5.41, 5.74) is 1.13. The van der Waals surface area contributed by atoms with Crippen LogP contribution in [0.3, 0.4) is 0 Å². The lowest BCUT2D eigenvalue weighted by molar-refractivity contribution is -0.123. The molecule has 1 aromatic rings. The Morgan fingerprint density at radius 2 is 2.05 bits per heavy atom. The summed E-state index contributed by atoms with van der Waals surface area (Å²) in [6.45, 7) is 2.97. The van der Waals surface area contributed by atoms with Crippen LogP contribution in [0.5, 0.6) is 0 Å². The van der Waals surface area contributed by atoms with Crippen LogP contribution in [0.1, 0.15) is 44.2 Å². The number of hydrogen-bond donors (Lipinski definition) is 2. The minimum absolute atomic E-state index is 0.0274. The highest BCUT2D eigenvalue weighted by atomic mass is 79.9. The van der Waals surface area contributed by atoms with Gasteiger partial charge in [0, 0.05) is 4.47 Å². The largest absolute Gasteiger partial charge is 0.348 e. The molecular formula is C15H21BrN2O. The third-order valence-electron chi connectivity index (χ3n) is 3.61. The molecule has 0 saturated carbocycles. The van der Waals surface area contributed by atoms with Crippen molar-refractivity contribution >= 4 is 21.8 Å². The van der Waals surface area contributed by atoms with Gasteiger partial charge in [-0.2, -0.15) is 0 Å². The second-order valence-electron chi connectivity index (χ2n) is 5.14. The molecule has 1 aromatic carbocycles. The summed E-state index contributed by atoms with van der Waals surface area (Å²) in [7, 11) is 0. The van der Waals surface area contributed by atoms with Gasteiger partial charge in [-0.15, -0.1) is 0 Å². The minimum Gasteiger partial charge on any atom is -0.348 e. The van der Waals surface area contributed by atoms with Gasteiger partial charge in [0.2, 0.25) is 5.91 Å². The van der Waals surface area contributed by atoms with Crippen molar-refractivity contribution in [1.82, 2.24) is 10.6 Å². The molecule has 0 bridgehead atoms. The van der Waals surface area contributed by atoms with Crippen LogP contribution in [0.4, 0.5) is 0 Å². The highest BCUT2D eigenvalue weighted by Gasteiger charge is 2.21. The molecule has 1 aliphatic heterocycles. The highest BCUT2D eigenvalue weighted by molar-refractivity contribution is 9.10. The van der Waals surface area contributed by atoms with Gasteiger partial charge >= 0.3 is 0 Å². The molecule has 2 rings (SSSR count). The average molecular weight is 325 g/mol. The summed E-state index contributed by atoms with van der Waals surface area (Å²) in [5, 5.41) is 6.42. The summed E-state index contributed by atoms with van der Waals surface area (Å²) in [4.78, 5) is 12.2. The number of nitrogens with one attached hydrogen (secondary N) is 2. The van der Waals surface area contributed by atoms with Gasteiger partial charge in [-0.05, 0) is 44.0 Å². The van der Waals surface area contributed by atoms with Crippen molar-refractivity contribution in [3.05, 3.63) is 34.3 Å². The summed E-state index contributed by atoms with van der Waals surface area (Å²) < 4.78 is 1.06. The summed E-state index contributed by atoms with van der Waals surface area (Å²) >= 11 is 3.42. The van der Waals surface area contributed by atoms with Crippen LogP contribution >= 0.6 is 15.9 Å². The predicted octanol–water partition coefficient (Wildman–Crippen LogP) is 3.16. The van der Waals surface area contributed by atoms with Gasteiger partial charge in [-0.1, -0.05) is 40.9 Å². The maximum absolute atomic E-state index is 12.2. The van der Waals surface area contributed by atoms with Crippen LogP contribution in [0.2, 0.25) is 0 Å². The Balaban J connectivity index is 1.92. The van der Waals surface area contributed by atoms with Gasteiger partial charge in [-0.3, -0.25) is 4.79 Å². The molecule has 0 aromatic heterocycles. The first-order valence-electron chi connectivity index (χ1n) is 6.96. The second kappa shape index (κ2) is 7.06. The number of carbonyl (C=O) groups is 1. The summed E-state index contributed by atoms with van der Waals surface area (Å²) in [6.07, 6.45) is 4.47. The van der Waals surface area contributed by atoms with Crippen molar-refractivity contribution < 1.29 is 4.79 Å². The first-order chi connectivity index (χ1) is 9.16. The molecule has 2 N–H and O–H groups in total. The normalized spacial score (nSPS) is 21.5. The van der Waals surface area contributed by atoms with Crippen molar-refractivity contribution in [2.75, 3.05) is 6.54 Å². The number of benzene rings is 1. The van der Waals surface area contributed by atoms with Crippen LogP contribution in [-0.4, -0.2) is 18.5 Å². The van der Waals surface area contributed by atoms with Crippen LogP contribution in [0.25, 0.3) is 0 Å². The Labute approximate surface area is 123 Å². The van der Waals surface area contributed by atoms with Gasteiger partial charge in [0.1, 0.15) is 0 Å². The molecule has 1 aliphatic rings. The van der Waals surface area contributed by atoms with Crippen LogP contribution < -0.4 is 10.6 Å². The van der Waals surface area contributed by atoms with Gasteiger partial charge in [-0.25, -0.2) is 0 Å². The van der Waals surface area contributed by atoms with E-state index in [1.54, 1.807) is 0 Å². The molecule has 1 heterocycles. The molecule has 1 amide bonds. The van der Waals surface area contributed by atoms with Crippen LogP contribution in [-0.2, 0) is 4.79 Å². The van der Waals surface area contributed by atoms with Crippen molar-refractivity contribution in [3.63, 3.8) is 0 Å². The van der Waals surface area contributed by atoms with E-state index in [1.165, 1.54) is 12.8 Å². The fraction of sp³-hybridized carbons (Fsp3) is 0.533. The smallest absolute Gasteiger partial charge is 0.237 e. The molecule has 1 saturated heterocycles. The Kier molecular flexibility index (Phi) is 5.40. The van der Waals surface area contributed by atoms with Crippen molar-refractivity contribution in [2.45, 2.75) is 44.7 Å². The lowest BCUT2D eigenvalue weighted by Crippen LogP contribution is -2.44. The first kappa shape index (κ1) is 14.5. The van der Waals surface area contributed by atoms with Gasteiger partial charge in [0.05, 0.1) is 12.1 Å². The first-order valence-corrected chi connectivity index (χ1v) is 7.75. The van der Waals surface area contributed by atoms with E-state index >= 15 is 0 Å². The minimum atomic E-state index is -0.0274. The van der Waals surface area contributed by atoms with E-state index < -0.39 is 0 Å². The lowest BCUT2D eigenvalue weighted by atomic mass is 10.1. The topological polar surface area (TPSA) is 41.1 Å². The monoisotopic (exact) mass is 324 g/mol. The molecule has 4 heteroatoms. The van der Waals surface area contributed by atoms with E-state index in [4.69, 9.17) is 0 Å². The third kappa shape index (κ3) is 4.32. The lowest BCUT2D eigenvalue weighted by Gasteiger charge is -2.20. The quantitative estimate of drug-likeness (QED) is 0.896. The molecule has 1 unspecified atom stereocenters. The van der Waals surface area contributed by atoms with Crippen molar-refractivity contribution in [1.29, 1.82) is 0 Å². The standard InChI is InChI=1S/C15H21BrN2O/c1-11(12-6-8-13(16)9-7-12)18-15(19)14-5-3-2-4-10-17-14/h6-9,11,14,17H,2-5,10H2,1H3,(H,18,19)/t11-,14?/m0/s1. The predicted molar refractivity (Wildman–Crippen MR) is 81.0 cm³/mol. The SMILES string of the molecule is C[C@H](NC(=O)C1CCCCCN1)c1ccc(Br)cc1. The van der Waals surface area contributed by atoms with E-state index in [9.17, 15) is 4.79 Å². The molecule has 2 atom stereocenters. The highest BCUT2D eigenvalue weighted by Crippen LogP contribution is 2.17. The molecule has 0 spiro atoms. The van der Waals surface area contributed by atoms with Crippen LogP contribution in [0.15, 0.2) is 28.7 Å². The Morgan fingerprint density at radius 3 is 2.79 bits per heavy atom. The Hall–Kier alpha value is -0.870. The number of rotatable bonds is 3. The molecular weight excluding hydrogens is 304 g/mol. The number of amides is 1. The van der Waals surface area contributed by atoms with E-state index in [-0.39, 0.29) is 18.0 Å². The summed E-state index contributed by atoms with van der Waals surface area (Å²) in [5.74, 6) is 0.123. The number of halogens is 1. The average Bonchev–Trinajstić information content (AvgIpc) is 2.68. The molecule has 3 nitrogen and oxygen atoms in total. The van der Waals surface area contributed by atoms with E-state index in [1.807, 2.05) is 31.2 Å². The third-order valence-corrected chi connectivity index (χ3v) is 4.13. The second-order valence-corrected chi connectivity index (χ2v) is 6.05. The van der Waals surface area contributed by atoms with Gasteiger partial charge < -0.3 is 10.6 Å². The molecule has 1 fully saturated rings. The van der Waals surface area contributed by atoms with E-state index in [0.29, 0.717) is 0 Å².